The third-order valence-corrected chi connectivity index (χ3v) is 5.32. The average Bonchev–Trinajstić information content (AvgIpc) is 3.31. The van der Waals surface area contributed by atoms with Crippen molar-refractivity contribution in [1.82, 2.24) is 19.7 Å². The van der Waals surface area contributed by atoms with Crippen LogP contribution in [0.1, 0.15) is 17.9 Å². The maximum absolute atomic E-state index is 12.9. The van der Waals surface area contributed by atoms with Crippen molar-refractivity contribution in [3.63, 3.8) is 0 Å². The van der Waals surface area contributed by atoms with Crippen LogP contribution in [-0.2, 0) is 17.8 Å². The third kappa shape index (κ3) is 5.24. The Morgan fingerprint density at radius 2 is 1.79 bits per heavy atom. The summed E-state index contributed by atoms with van der Waals surface area (Å²) in [5.74, 6) is 0.831. The van der Waals surface area contributed by atoms with Crippen molar-refractivity contribution in [3.05, 3.63) is 93.0 Å². The van der Waals surface area contributed by atoms with Crippen LogP contribution in [-0.4, -0.2) is 40.0 Å². The maximum Gasteiger partial charge on any atom is 0.330 e. The largest absolute Gasteiger partial charge is 0.385 e. The fourth-order valence-corrected chi connectivity index (χ4v) is 3.66. The molecule has 3 N–H and O–H groups in total. The van der Waals surface area contributed by atoms with E-state index in [-0.39, 0.29) is 24.6 Å². The number of nitrogens with one attached hydrogen (secondary N) is 1. The van der Waals surface area contributed by atoms with Crippen molar-refractivity contribution in [2.45, 2.75) is 19.5 Å². The Morgan fingerprint density at radius 3 is 2.50 bits per heavy atom. The number of rotatable bonds is 10. The van der Waals surface area contributed by atoms with E-state index in [0.717, 1.165) is 11.1 Å². The monoisotopic (exact) mass is 462 g/mol. The van der Waals surface area contributed by atoms with E-state index in [9.17, 15) is 9.59 Å². The van der Waals surface area contributed by atoms with Crippen LogP contribution in [0, 0.1) is 0 Å². The minimum absolute atomic E-state index is 0.0674. The molecular formula is C24H26N6O4. The number of hydrogen-bond donors (Lipinski definition) is 2. The molecule has 0 aliphatic rings. The second-order valence-electron chi connectivity index (χ2n) is 7.71. The Bertz CT molecular complexity index is 1330. The first-order chi connectivity index (χ1) is 16.6. The van der Waals surface area contributed by atoms with Crippen LogP contribution in [0.2, 0.25) is 0 Å². The molecular weight excluding hydrogens is 436 g/mol. The molecule has 0 spiro atoms. The van der Waals surface area contributed by atoms with Crippen LogP contribution < -0.4 is 21.9 Å². The van der Waals surface area contributed by atoms with E-state index in [2.05, 4.69) is 15.1 Å². The van der Waals surface area contributed by atoms with Crippen LogP contribution in [0.4, 0.5) is 11.5 Å². The summed E-state index contributed by atoms with van der Waals surface area (Å²) in [6.45, 7) is 1.27. The molecule has 2 aromatic heterocycles. The van der Waals surface area contributed by atoms with Gasteiger partial charge in [0.2, 0.25) is 11.7 Å². The quantitative estimate of drug-likeness (QED) is 0.343. The number of aromatic amines is 1. The molecule has 2 heterocycles. The molecule has 0 atom stereocenters. The van der Waals surface area contributed by atoms with Crippen molar-refractivity contribution in [1.29, 1.82) is 0 Å². The van der Waals surface area contributed by atoms with Crippen molar-refractivity contribution < 1.29 is 9.26 Å². The number of anilines is 2. The van der Waals surface area contributed by atoms with Gasteiger partial charge in [0.05, 0.1) is 13.1 Å². The van der Waals surface area contributed by atoms with Gasteiger partial charge in [-0.15, -0.1) is 0 Å². The molecule has 0 fully saturated rings. The van der Waals surface area contributed by atoms with E-state index >= 15 is 0 Å². The van der Waals surface area contributed by atoms with Crippen LogP contribution in [0.3, 0.4) is 0 Å². The Kier molecular flexibility index (Phi) is 7.19. The van der Waals surface area contributed by atoms with Crippen LogP contribution in [0.25, 0.3) is 11.4 Å². The lowest BCUT2D eigenvalue weighted by Crippen LogP contribution is -2.39. The zero-order valence-electron chi connectivity index (χ0n) is 18.8. The fourth-order valence-electron chi connectivity index (χ4n) is 3.66. The molecule has 0 unspecified atom stereocenters. The van der Waals surface area contributed by atoms with Crippen molar-refractivity contribution >= 4 is 11.5 Å². The number of nitrogens with zero attached hydrogens (tertiary/aromatic N) is 4. The average molecular weight is 463 g/mol. The van der Waals surface area contributed by atoms with E-state index in [1.807, 2.05) is 60.7 Å². The first-order valence-corrected chi connectivity index (χ1v) is 10.8. The van der Waals surface area contributed by atoms with Crippen molar-refractivity contribution in [2.75, 3.05) is 30.9 Å². The second kappa shape index (κ2) is 10.6. The normalized spacial score (nSPS) is 11.0. The first-order valence-electron chi connectivity index (χ1n) is 10.8. The van der Waals surface area contributed by atoms with Gasteiger partial charge in [0.25, 0.3) is 5.56 Å². The maximum atomic E-state index is 12.9. The van der Waals surface area contributed by atoms with E-state index < -0.39 is 11.2 Å². The molecule has 2 aromatic carbocycles. The van der Waals surface area contributed by atoms with Crippen LogP contribution in [0.15, 0.2) is 74.8 Å². The van der Waals surface area contributed by atoms with E-state index in [1.54, 1.807) is 12.0 Å². The van der Waals surface area contributed by atoms with Gasteiger partial charge in [-0.05, 0) is 12.0 Å². The van der Waals surface area contributed by atoms with E-state index in [0.29, 0.717) is 31.3 Å². The molecule has 0 aliphatic heterocycles. The second-order valence-corrected chi connectivity index (χ2v) is 7.71. The summed E-state index contributed by atoms with van der Waals surface area (Å²) in [5.41, 5.74) is 7.11. The smallest absolute Gasteiger partial charge is 0.330 e. The van der Waals surface area contributed by atoms with Gasteiger partial charge in [0.1, 0.15) is 11.5 Å². The molecule has 176 valence electrons. The Morgan fingerprint density at radius 1 is 1.09 bits per heavy atom. The third-order valence-electron chi connectivity index (χ3n) is 5.32. The van der Waals surface area contributed by atoms with Gasteiger partial charge in [-0.1, -0.05) is 65.8 Å². The Labute approximate surface area is 195 Å². The number of nitrogen functional groups attached to an aromatic ring is 1. The van der Waals surface area contributed by atoms with Crippen LogP contribution in [0.5, 0.6) is 0 Å². The summed E-state index contributed by atoms with van der Waals surface area (Å²) >= 11 is 0. The number of methoxy groups -OCH3 is 1. The highest BCUT2D eigenvalue weighted by molar-refractivity contribution is 5.62. The number of aromatic nitrogens is 4. The highest BCUT2D eigenvalue weighted by Crippen LogP contribution is 2.21. The molecule has 10 nitrogen and oxygen atoms in total. The lowest BCUT2D eigenvalue weighted by Gasteiger charge is -2.24. The number of hydrogen-bond acceptors (Lipinski definition) is 8. The number of nitrogens with two attached hydrogens (primary N) is 1. The summed E-state index contributed by atoms with van der Waals surface area (Å²) in [6.07, 6.45) is 0.618. The molecule has 10 heteroatoms. The van der Waals surface area contributed by atoms with Gasteiger partial charge in [-0.3, -0.25) is 14.3 Å². The minimum Gasteiger partial charge on any atom is -0.385 e. The summed E-state index contributed by atoms with van der Waals surface area (Å²) in [4.78, 5) is 34.0. The Hall–Kier alpha value is -4.18. The molecule has 0 saturated heterocycles. The van der Waals surface area contributed by atoms with Gasteiger partial charge in [-0.2, -0.15) is 4.98 Å². The molecule has 0 radical (unpaired) electrons. The van der Waals surface area contributed by atoms with Gasteiger partial charge in [0.15, 0.2) is 0 Å². The molecule has 0 aliphatic carbocycles. The van der Waals surface area contributed by atoms with Crippen LogP contribution >= 0.6 is 0 Å². The highest BCUT2D eigenvalue weighted by Gasteiger charge is 2.21. The zero-order valence-corrected chi connectivity index (χ0v) is 18.8. The predicted octanol–water partition coefficient (Wildman–Crippen LogP) is 2.26. The standard InChI is InChI=1S/C24H26N6O4/c1-33-14-8-13-29(16-19-26-22(28-34-19)18-11-6-3-7-12-18)20-21(25)30(24(32)27-23(20)31)15-17-9-4-2-5-10-17/h2-7,9-12H,8,13-16,25H2,1H3,(H,27,31,32). The highest BCUT2D eigenvalue weighted by atomic mass is 16.5. The molecule has 4 aromatic rings. The van der Waals surface area contributed by atoms with Gasteiger partial charge >= 0.3 is 5.69 Å². The molecule has 34 heavy (non-hydrogen) atoms. The SMILES string of the molecule is COCCCN(Cc1nc(-c2ccccc2)no1)c1c(N)n(Cc2ccccc2)c(=O)[nH]c1=O. The van der Waals surface area contributed by atoms with Crippen molar-refractivity contribution in [2.24, 2.45) is 0 Å². The zero-order chi connectivity index (χ0) is 23.9. The molecule has 0 bridgehead atoms. The fraction of sp³-hybridized carbons (Fsp3) is 0.250. The van der Waals surface area contributed by atoms with Gasteiger partial charge < -0.3 is 19.9 Å². The lowest BCUT2D eigenvalue weighted by molar-refractivity contribution is 0.195. The summed E-state index contributed by atoms with van der Waals surface area (Å²) in [6, 6.07) is 18.9. The van der Waals surface area contributed by atoms with E-state index in [4.69, 9.17) is 15.0 Å². The van der Waals surface area contributed by atoms with Gasteiger partial charge in [-0.25, -0.2) is 4.79 Å². The first kappa shape index (κ1) is 23.0. The van der Waals surface area contributed by atoms with Crippen molar-refractivity contribution in [3.8, 4) is 11.4 Å². The van der Waals surface area contributed by atoms with E-state index in [1.165, 1.54) is 4.57 Å². The molecule has 0 amide bonds. The topological polar surface area (TPSA) is 132 Å². The minimum atomic E-state index is -0.577. The lowest BCUT2D eigenvalue weighted by atomic mass is 10.2. The summed E-state index contributed by atoms with van der Waals surface area (Å²) in [5, 5.41) is 4.05. The Balaban J connectivity index is 1.68. The number of ether oxygens (including phenoxy) is 1. The number of benzene rings is 2. The summed E-state index contributed by atoms with van der Waals surface area (Å²) in [7, 11) is 1.61. The molecule has 0 saturated carbocycles. The number of H-pyrrole nitrogens is 1. The van der Waals surface area contributed by atoms with Gasteiger partial charge in [0, 0.05) is 25.8 Å². The summed E-state index contributed by atoms with van der Waals surface area (Å²) < 4.78 is 12.0. The molecule has 4 rings (SSSR count). The predicted molar refractivity (Wildman–Crippen MR) is 129 cm³/mol.